The van der Waals surface area contributed by atoms with Gasteiger partial charge in [0.05, 0.1) is 5.69 Å². The summed E-state index contributed by atoms with van der Waals surface area (Å²) in [5, 5.41) is 9.37. The van der Waals surface area contributed by atoms with Gasteiger partial charge in [-0.3, -0.25) is 0 Å². The van der Waals surface area contributed by atoms with E-state index in [1.807, 2.05) is 0 Å². The Labute approximate surface area is 107 Å². The molecule has 0 atom stereocenters. The van der Waals surface area contributed by atoms with Crippen molar-refractivity contribution >= 4 is 41.3 Å². The third-order valence-electron chi connectivity index (χ3n) is 2.17. The van der Waals surface area contributed by atoms with Crippen LogP contribution in [0.25, 0.3) is 0 Å². The van der Waals surface area contributed by atoms with Crippen molar-refractivity contribution in [2.45, 2.75) is 6.35 Å². The number of hydrogen-bond donors (Lipinski definition) is 1. The zero-order valence-electron chi connectivity index (χ0n) is 8.33. The van der Waals surface area contributed by atoms with Crippen molar-refractivity contribution in [3.8, 4) is 0 Å². The predicted molar refractivity (Wildman–Crippen MR) is 61.1 cm³/mol. The number of rotatable bonds is 1. The average molecular weight is 276 g/mol. The Morgan fingerprint density at radius 3 is 1.94 bits per heavy atom. The van der Waals surface area contributed by atoms with Crippen molar-refractivity contribution in [2.24, 2.45) is 0 Å². The lowest BCUT2D eigenvalue weighted by Gasteiger charge is -2.37. The fourth-order valence-corrected chi connectivity index (χ4v) is 1.73. The number of aliphatic hydroxyl groups is 1. The number of anilines is 1. The Balaban J connectivity index is 2.40. The molecule has 6 nitrogen and oxygen atoms in total. The van der Waals surface area contributed by atoms with Crippen LogP contribution >= 0.6 is 23.6 Å². The Hall–Kier alpha value is -1.50. The normalized spacial score (nSPS) is 17.9. The highest BCUT2D eigenvalue weighted by Crippen LogP contribution is 2.26. The lowest BCUT2D eigenvalue weighted by atomic mass is 10.3. The van der Waals surface area contributed by atoms with Gasteiger partial charge in [0.25, 0.3) is 0 Å². The molecule has 2 rings (SSSR count). The maximum Gasteiger partial charge on any atom is 0.351 e. The summed E-state index contributed by atoms with van der Waals surface area (Å²) in [7, 11) is 0. The van der Waals surface area contributed by atoms with Crippen molar-refractivity contribution in [2.75, 3.05) is 4.90 Å². The van der Waals surface area contributed by atoms with E-state index < -0.39 is 18.4 Å². The molecule has 1 heterocycles. The first kappa shape index (κ1) is 12.0. The molecule has 4 amide bonds. The number of benzene rings is 1. The van der Waals surface area contributed by atoms with Crippen LogP contribution in [0.3, 0.4) is 0 Å². The van der Waals surface area contributed by atoms with Crippen molar-refractivity contribution in [3.05, 3.63) is 30.3 Å². The molecule has 1 saturated heterocycles. The van der Waals surface area contributed by atoms with Gasteiger partial charge in [-0.2, -0.15) is 8.84 Å². The van der Waals surface area contributed by atoms with E-state index in [0.717, 1.165) is 4.90 Å². The second kappa shape index (κ2) is 4.40. The van der Waals surface area contributed by atoms with E-state index in [1.165, 1.54) is 0 Å². The topological polar surface area (TPSA) is 64.1 Å². The first-order chi connectivity index (χ1) is 8.04. The van der Waals surface area contributed by atoms with E-state index in [4.69, 9.17) is 23.6 Å². The summed E-state index contributed by atoms with van der Waals surface area (Å²) in [6.45, 7) is 0. The molecule has 0 saturated carbocycles. The highest BCUT2D eigenvalue weighted by atomic mass is 35.5. The Morgan fingerprint density at radius 1 is 1.00 bits per heavy atom. The van der Waals surface area contributed by atoms with Gasteiger partial charge in [-0.15, -0.1) is 0 Å². The first-order valence-electron chi connectivity index (χ1n) is 4.55. The number of amides is 4. The van der Waals surface area contributed by atoms with Crippen LogP contribution in [-0.4, -0.2) is 32.4 Å². The highest BCUT2D eigenvalue weighted by Gasteiger charge is 2.43. The summed E-state index contributed by atoms with van der Waals surface area (Å²) in [5.41, 5.74) is 0.311. The highest BCUT2D eigenvalue weighted by molar-refractivity contribution is 6.33. The zero-order chi connectivity index (χ0) is 12.6. The number of nitrogens with zero attached hydrogens (tertiary/aromatic N) is 3. The van der Waals surface area contributed by atoms with Crippen LogP contribution < -0.4 is 4.90 Å². The quantitative estimate of drug-likeness (QED) is 0.797. The molecule has 0 spiro atoms. The molecule has 1 aliphatic heterocycles. The zero-order valence-corrected chi connectivity index (χ0v) is 9.84. The summed E-state index contributed by atoms with van der Waals surface area (Å²) in [5.74, 6) is 0. The molecular formula is C9H7Cl2N3O3. The van der Waals surface area contributed by atoms with E-state index in [2.05, 4.69) is 0 Å². The van der Waals surface area contributed by atoms with Gasteiger partial charge in [0, 0.05) is 23.6 Å². The summed E-state index contributed by atoms with van der Waals surface area (Å²) in [4.78, 5) is 24.2. The minimum atomic E-state index is -1.70. The van der Waals surface area contributed by atoms with E-state index in [-0.39, 0.29) is 0 Å². The largest absolute Gasteiger partial charge is 0.354 e. The molecule has 1 aromatic rings. The van der Waals surface area contributed by atoms with Crippen molar-refractivity contribution in [1.82, 2.24) is 8.84 Å². The molecular weight excluding hydrogens is 269 g/mol. The van der Waals surface area contributed by atoms with Gasteiger partial charge >= 0.3 is 12.1 Å². The summed E-state index contributed by atoms with van der Waals surface area (Å²) >= 11 is 11.1. The Bertz CT molecular complexity index is 434. The van der Waals surface area contributed by atoms with Crippen LogP contribution in [-0.2, 0) is 0 Å². The van der Waals surface area contributed by atoms with Gasteiger partial charge in [-0.1, -0.05) is 18.2 Å². The van der Waals surface area contributed by atoms with E-state index in [1.54, 1.807) is 30.3 Å². The molecule has 90 valence electrons. The van der Waals surface area contributed by atoms with Crippen LogP contribution in [0, 0.1) is 0 Å². The molecule has 17 heavy (non-hydrogen) atoms. The molecule has 1 aliphatic rings. The number of imide groups is 1. The van der Waals surface area contributed by atoms with Crippen molar-refractivity contribution in [3.63, 3.8) is 0 Å². The molecule has 0 aliphatic carbocycles. The standard InChI is InChI=1S/C9H7Cl2N3O3/c10-13-7(15)12(6-4-2-1-3-5-6)8(16)14(11)9(13)17/h1-5,9,17H. The number of para-hydroxylation sites is 1. The lowest BCUT2D eigenvalue weighted by Crippen LogP contribution is -2.60. The van der Waals surface area contributed by atoms with Crippen molar-refractivity contribution in [1.29, 1.82) is 0 Å². The summed E-state index contributed by atoms with van der Waals surface area (Å²) < 4.78 is 0.864. The molecule has 1 fully saturated rings. The lowest BCUT2D eigenvalue weighted by molar-refractivity contribution is 0.00418. The van der Waals surface area contributed by atoms with E-state index in [9.17, 15) is 14.7 Å². The maximum absolute atomic E-state index is 11.7. The molecule has 1 aromatic carbocycles. The van der Waals surface area contributed by atoms with E-state index >= 15 is 0 Å². The molecule has 8 heteroatoms. The summed E-state index contributed by atoms with van der Waals surface area (Å²) in [6.07, 6.45) is -1.70. The first-order valence-corrected chi connectivity index (χ1v) is 5.23. The molecule has 0 radical (unpaired) electrons. The van der Waals surface area contributed by atoms with Crippen LogP contribution in [0.15, 0.2) is 30.3 Å². The van der Waals surface area contributed by atoms with Gasteiger partial charge in [0.15, 0.2) is 0 Å². The third-order valence-corrected chi connectivity index (χ3v) is 2.81. The number of carbonyl (C=O) groups is 2. The number of urea groups is 2. The van der Waals surface area contributed by atoms with Crippen LogP contribution in [0.2, 0.25) is 0 Å². The predicted octanol–water partition coefficient (Wildman–Crippen LogP) is 1.93. The molecule has 1 N–H and O–H groups in total. The molecule has 0 bridgehead atoms. The van der Waals surface area contributed by atoms with Gasteiger partial charge in [-0.05, 0) is 12.1 Å². The monoisotopic (exact) mass is 275 g/mol. The van der Waals surface area contributed by atoms with Gasteiger partial charge in [0.2, 0.25) is 6.35 Å². The average Bonchev–Trinajstić information content (AvgIpc) is 2.36. The van der Waals surface area contributed by atoms with Crippen LogP contribution in [0.4, 0.5) is 15.3 Å². The smallest absolute Gasteiger partial charge is 0.351 e. The number of hydrogen-bond acceptors (Lipinski definition) is 3. The second-order valence-corrected chi connectivity index (χ2v) is 3.93. The minimum Gasteiger partial charge on any atom is -0.354 e. The fraction of sp³-hybridized carbons (Fsp3) is 0.111. The maximum atomic E-state index is 11.7. The molecule has 0 unspecified atom stereocenters. The Kier molecular flexibility index (Phi) is 3.10. The van der Waals surface area contributed by atoms with Gasteiger partial charge in [0.1, 0.15) is 0 Å². The van der Waals surface area contributed by atoms with Crippen molar-refractivity contribution < 1.29 is 14.7 Å². The Morgan fingerprint density at radius 2 is 1.47 bits per heavy atom. The van der Waals surface area contributed by atoms with E-state index in [0.29, 0.717) is 14.5 Å². The summed E-state index contributed by atoms with van der Waals surface area (Å²) in [6, 6.07) is 6.38. The van der Waals surface area contributed by atoms with Crippen LogP contribution in [0.5, 0.6) is 0 Å². The second-order valence-electron chi connectivity index (χ2n) is 3.20. The van der Waals surface area contributed by atoms with Crippen LogP contribution in [0.1, 0.15) is 0 Å². The number of aliphatic hydroxyl groups excluding tert-OH is 1. The SMILES string of the molecule is O=C1N(c2ccccc2)C(=O)N(Cl)C(O)N1Cl. The number of carbonyl (C=O) groups excluding carboxylic acids is 2. The molecule has 0 aromatic heterocycles. The van der Waals surface area contributed by atoms with Gasteiger partial charge < -0.3 is 5.11 Å². The minimum absolute atomic E-state index is 0.311. The third kappa shape index (κ3) is 1.90. The fourth-order valence-electron chi connectivity index (χ4n) is 1.36. The number of halogens is 2. The van der Waals surface area contributed by atoms with Gasteiger partial charge in [-0.25, -0.2) is 14.5 Å².